The van der Waals surface area contributed by atoms with Gasteiger partial charge in [0.25, 0.3) is 0 Å². The van der Waals surface area contributed by atoms with E-state index in [0.29, 0.717) is 28.5 Å². The molecule has 2 aromatic carbocycles. The lowest BCUT2D eigenvalue weighted by atomic mass is 10.0. The summed E-state index contributed by atoms with van der Waals surface area (Å²) >= 11 is 0. The van der Waals surface area contributed by atoms with Crippen LogP contribution >= 0.6 is 0 Å². The van der Waals surface area contributed by atoms with E-state index in [1.54, 1.807) is 19.2 Å². The summed E-state index contributed by atoms with van der Waals surface area (Å²) in [6, 6.07) is 7.81. The van der Waals surface area contributed by atoms with E-state index in [0.717, 1.165) is 53.9 Å². The Kier molecular flexibility index (Phi) is 8.51. The number of aromatic nitrogens is 4. The Bertz CT molecular complexity index is 1750. The summed E-state index contributed by atoms with van der Waals surface area (Å²) in [6.45, 7) is 3.94. The summed E-state index contributed by atoms with van der Waals surface area (Å²) in [5.41, 5.74) is 4.09. The zero-order valence-electron chi connectivity index (χ0n) is 25.1. The Labute approximate surface area is 251 Å². The summed E-state index contributed by atoms with van der Waals surface area (Å²) in [5, 5.41) is 6.09. The lowest BCUT2D eigenvalue weighted by Crippen LogP contribution is -2.42. The van der Waals surface area contributed by atoms with Crippen molar-refractivity contribution in [2.24, 2.45) is 0 Å². The first-order valence-corrected chi connectivity index (χ1v) is 15.6. The van der Waals surface area contributed by atoms with Gasteiger partial charge in [0.1, 0.15) is 17.0 Å². The molecule has 4 aromatic rings. The van der Waals surface area contributed by atoms with E-state index in [1.165, 1.54) is 19.4 Å². The second-order valence-corrected chi connectivity index (χ2v) is 12.8. The van der Waals surface area contributed by atoms with E-state index in [2.05, 4.69) is 54.5 Å². The van der Waals surface area contributed by atoms with E-state index in [9.17, 15) is 8.42 Å². The molecular weight excluding hydrogens is 573 g/mol. The molecule has 0 radical (unpaired) electrons. The highest BCUT2D eigenvalue weighted by Gasteiger charge is 2.24. The van der Waals surface area contributed by atoms with Crippen LogP contribution in [0.2, 0.25) is 0 Å². The van der Waals surface area contributed by atoms with Crippen molar-refractivity contribution >= 4 is 55.6 Å². The van der Waals surface area contributed by atoms with Crippen molar-refractivity contribution in [3.05, 3.63) is 54.2 Å². The number of benzene rings is 2. The highest BCUT2D eigenvalue weighted by molar-refractivity contribution is 7.92. The largest absolute Gasteiger partial charge is 0.494 e. The third-order valence-electron chi connectivity index (χ3n) is 7.72. The summed E-state index contributed by atoms with van der Waals surface area (Å²) in [5.74, 6) is -0.153. The van der Waals surface area contributed by atoms with Crippen LogP contribution in [0.1, 0.15) is 18.4 Å². The molecular formula is C29H36FN9O3S. The number of ether oxygens (including phenoxy) is 1. The van der Waals surface area contributed by atoms with Gasteiger partial charge in [0.15, 0.2) is 11.6 Å². The topological polar surface area (TPSA) is 129 Å². The zero-order chi connectivity index (χ0) is 30.9. The maximum Gasteiger partial charge on any atom is 0.232 e. The maximum atomic E-state index is 15.0. The van der Waals surface area contributed by atoms with Gasteiger partial charge in [0, 0.05) is 50.3 Å². The number of rotatable bonds is 9. The van der Waals surface area contributed by atoms with E-state index in [1.807, 2.05) is 19.1 Å². The van der Waals surface area contributed by atoms with Gasteiger partial charge in [-0.05, 0) is 57.6 Å². The predicted octanol–water partition coefficient (Wildman–Crippen LogP) is 4.29. The van der Waals surface area contributed by atoms with Crippen LogP contribution in [0.3, 0.4) is 0 Å². The number of hydrogen-bond donors (Lipinski definition) is 2. The molecule has 0 amide bonds. The molecule has 0 spiro atoms. The molecule has 228 valence electrons. The van der Waals surface area contributed by atoms with E-state index in [-0.39, 0.29) is 23.1 Å². The third kappa shape index (κ3) is 6.39. The Hall–Kier alpha value is -4.30. The van der Waals surface area contributed by atoms with Crippen LogP contribution < -0.4 is 24.6 Å². The minimum absolute atomic E-state index is 0.125. The van der Waals surface area contributed by atoms with Gasteiger partial charge in [0.2, 0.25) is 16.0 Å². The molecule has 5 rings (SSSR count). The summed E-state index contributed by atoms with van der Waals surface area (Å²) < 4.78 is 46.8. The number of nitrogens with zero attached hydrogens (tertiary/aromatic N) is 7. The fourth-order valence-corrected chi connectivity index (χ4v) is 5.79. The zero-order valence-corrected chi connectivity index (χ0v) is 25.9. The molecule has 0 aliphatic carbocycles. The van der Waals surface area contributed by atoms with Gasteiger partial charge in [-0.25, -0.2) is 17.8 Å². The molecule has 0 atom stereocenters. The average molecular weight is 610 g/mol. The van der Waals surface area contributed by atoms with Crippen molar-refractivity contribution in [1.29, 1.82) is 0 Å². The highest BCUT2D eigenvalue weighted by atomic mass is 32.2. The van der Waals surface area contributed by atoms with E-state index in [4.69, 9.17) is 4.74 Å². The quantitative estimate of drug-likeness (QED) is 0.282. The summed E-state index contributed by atoms with van der Waals surface area (Å²) in [7, 11) is 3.55. The molecule has 12 nitrogen and oxygen atoms in total. The van der Waals surface area contributed by atoms with Gasteiger partial charge in [-0.1, -0.05) is 0 Å². The minimum Gasteiger partial charge on any atom is -0.494 e. The first-order chi connectivity index (χ1) is 20.5. The lowest BCUT2D eigenvalue weighted by molar-refractivity contribution is 0.249. The third-order valence-corrected chi connectivity index (χ3v) is 8.90. The van der Waals surface area contributed by atoms with E-state index >= 15 is 4.39 Å². The molecule has 0 bridgehead atoms. The van der Waals surface area contributed by atoms with Crippen LogP contribution in [0.4, 0.5) is 38.9 Å². The Morgan fingerprint density at radius 3 is 2.42 bits per heavy atom. The fourth-order valence-electron chi connectivity index (χ4n) is 5.28. The molecule has 2 aromatic heterocycles. The van der Waals surface area contributed by atoms with Gasteiger partial charge >= 0.3 is 0 Å². The molecule has 14 heteroatoms. The number of aryl methyl sites for hydroxylation is 1. The number of piperidine rings is 1. The number of anilines is 6. The molecule has 1 aliphatic heterocycles. The second kappa shape index (κ2) is 12.1. The summed E-state index contributed by atoms with van der Waals surface area (Å²) in [4.78, 5) is 21.7. The number of methoxy groups -OCH3 is 1. The molecule has 1 aliphatic rings. The van der Waals surface area contributed by atoms with Crippen molar-refractivity contribution in [2.45, 2.75) is 25.8 Å². The Balaban J connectivity index is 1.44. The molecule has 0 saturated carbocycles. The van der Waals surface area contributed by atoms with Crippen molar-refractivity contribution in [2.75, 3.05) is 67.4 Å². The smallest absolute Gasteiger partial charge is 0.232 e. The van der Waals surface area contributed by atoms with Crippen LogP contribution in [0.25, 0.3) is 11.0 Å². The summed E-state index contributed by atoms with van der Waals surface area (Å²) in [6.07, 6.45) is 7.26. The van der Waals surface area contributed by atoms with Crippen LogP contribution in [0.15, 0.2) is 42.9 Å². The van der Waals surface area contributed by atoms with Gasteiger partial charge in [0.05, 0.1) is 36.5 Å². The first kappa shape index (κ1) is 30.2. The molecule has 2 N–H and O–H groups in total. The monoisotopic (exact) mass is 609 g/mol. The average Bonchev–Trinajstić information content (AvgIpc) is 2.98. The standard InChI is InChI=1S/C29H36FN9O3S/c1-18-15-23(25(42-5)16-24(18)39-13-9-19(10-14-39)37(2)3)35-29-33-17-20(30)28(36-29)34-22-8-7-21-26(32-12-11-31-21)27(22)38(4)43(6,40)41/h7-8,11-12,15-17,19H,9-10,13-14H2,1-6H3,(H2,33,34,35,36). The SMILES string of the molecule is COc1cc(N2CCC(N(C)C)CC2)c(C)cc1Nc1ncc(F)c(Nc2ccc3nccnc3c2N(C)S(C)(=O)=O)n1. The molecule has 3 heterocycles. The van der Waals surface area contributed by atoms with E-state index < -0.39 is 15.8 Å². The fraction of sp³-hybridized carbons (Fsp3) is 0.379. The van der Waals surface area contributed by atoms with Crippen molar-refractivity contribution in [1.82, 2.24) is 24.8 Å². The molecule has 43 heavy (non-hydrogen) atoms. The number of nitrogens with one attached hydrogen (secondary N) is 2. The second-order valence-electron chi connectivity index (χ2n) is 10.8. The van der Waals surface area contributed by atoms with Gasteiger partial charge in [-0.15, -0.1) is 0 Å². The van der Waals surface area contributed by atoms with Gasteiger partial charge in [-0.2, -0.15) is 4.98 Å². The highest BCUT2D eigenvalue weighted by Crippen LogP contribution is 2.37. The number of fused-ring (bicyclic) bond motifs is 1. The number of sulfonamides is 1. The normalized spacial score (nSPS) is 14.3. The lowest BCUT2D eigenvalue weighted by Gasteiger charge is -2.37. The minimum atomic E-state index is -3.68. The van der Waals surface area contributed by atoms with Crippen molar-refractivity contribution in [3.63, 3.8) is 0 Å². The van der Waals surface area contributed by atoms with Crippen LogP contribution in [-0.2, 0) is 10.0 Å². The predicted molar refractivity (Wildman–Crippen MR) is 168 cm³/mol. The Morgan fingerprint density at radius 2 is 1.74 bits per heavy atom. The van der Waals surface area contributed by atoms with Crippen molar-refractivity contribution < 1.29 is 17.5 Å². The first-order valence-electron chi connectivity index (χ1n) is 13.8. The van der Waals surface area contributed by atoms with Crippen LogP contribution in [-0.4, -0.2) is 86.9 Å². The van der Waals surface area contributed by atoms with Crippen LogP contribution in [0.5, 0.6) is 5.75 Å². The molecule has 1 saturated heterocycles. The molecule has 1 fully saturated rings. The van der Waals surface area contributed by atoms with Gasteiger partial charge in [-0.3, -0.25) is 14.3 Å². The molecule has 0 unspecified atom stereocenters. The van der Waals surface area contributed by atoms with Crippen LogP contribution in [0, 0.1) is 12.7 Å². The maximum absolute atomic E-state index is 15.0. The number of hydrogen-bond acceptors (Lipinski definition) is 11. The number of halogens is 1. The Morgan fingerprint density at radius 1 is 1.02 bits per heavy atom. The van der Waals surface area contributed by atoms with Crippen molar-refractivity contribution in [3.8, 4) is 5.75 Å². The van der Waals surface area contributed by atoms with Gasteiger partial charge < -0.3 is 25.2 Å².